The summed E-state index contributed by atoms with van der Waals surface area (Å²) in [5, 5.41) is 0.822. The van der Waals surface area contributed by atoms with Crippen LogP contribution in [0.25, 0.3) is 10.9 Å². The maximum Gasteiger partial charge on any atom is 0.212 e. The Balaban J connectivity index is 2.86. The van der Waals surface area contributed by atoms with Gasteiger partial charge in [0.05, 0.1) is 11.1 Å². The van der Waals surface area contributed by atoms with Crippen molar-refractivity contribution in [2.24, 2.45) is 7.05 Å². The summed E-state index contributed by atoms with van der Waals surface area (Å²) in [7, 11) is 1.89. The second kappa shape index (κ2) is 2.69. The van der Waals surface area contributed by atoms with Crippen LogP contribution in [-0.2, 0) is 7.05 Å². The summed E-state index contributed by atoms with van der Waals surface area (Å²) in [6.07, 6.45) is 1.81. The van der Waals surface area contributed by atoms with Crippen molar-refractivity contribution in [3.63, 3.8) is 0 Å². The van der Waals surface area contributed by atoms with Gasteiger partial charge in [0.25, 0.3) is 0 Å². The predicted octanol–water partition coefficient (Wildman–Crippen LogP) is 1.39. The number of halogens is 1. The summed E-state index contributed by atoms with van der Waals surface area (Å²) < 4.78 is 14.7. The molecule has 0 amide bonds. The Morgan fingerprint density at radius 3 is 2.85 bits per heavy atom. The SMILES string of the molecule is C[n+]1cc(N)cc2cc(F)ccc21. The van der Waals surface area contributed by atoms with Crippen LogP contribution in [0.3, 0.4) is 0 Å². The van der Waals surface area contributed by atoms with Gasteiger partial charge in [-0.25, -0.2) is 4.39 Å². The summed E-state index contributed by atoms with van der Waals surface area (Å²) in [5.41, 5.74) is 7.24. The zero-order chi connectivity index (χ0) is 9.42. The highest BCUT2D eigenvalue weighted by atomic mass is 19.1. The number of nitrogen functional groups attached to an aromatic ring is 1. The fraction of sp³-hybridized carbons (Fsp3) is 0.100. The molecule has 0 radical (unpaired) electrons. The number of rotatable bonds is 0. The van der Waals surface area contributed by atoms with E-state index in [1.54, 1.807) is 18.3 Å². The molecular formula is C10H10FN2+. The average molecular weight is 177 g/mol. The Bertz CT molecular complexity index is 460. The van der Waals surface area contributed by atoms with Crippen LogP contribution >= 0.6 is 0 Å². The molecule has 0 aliphatic heterocycles. The molecule has 1 aromatic carbocycles. The third-order valence-electron chi connectivity index (χ3n) is 2.03. The topological polar surface area (TPSA) is 29.9 Å². The number of nitrogens with zero attached hydrogens (tertiary/aromatic N) is 1. The fourth-order valence-electron chi connectivity index (χ4n) is 1.47. The third kappa shape index (κ3) is 1.33. The molecule has 2 nitrogen and oxygen atoms in total. The van der Waals surface area contributed by atoms with Crippen LogP contribution in [0.1, 0.15) is 0 Å². The first-order valence-corrected chi connectivity index (χ1v) is 4.01. The summed E-state index contributed by atoms with van der Waals surface area (Å²) in [4.78, 5) is 0. The van der Waals surface area contributed by atoms with Gasteiger partial charge in [0.1, 0.15) is 12.9 Å². The molecule has 0 saturated carbocycles. The normalized spacial score (nSPS) is 10.6. The molecule has 1 heterocycles. The lowest BCUT2D eigenvalue weighted by atomic mass is 10.2. The highest BCUT2D eigenvalue weighted by molar-refractivity contribution is 5.78. The van der Waals surface area contributed by atoms with Gasteiger partial charge in [0, 0.05) is 6.07 Å². The van der Waals surface area contributed by atoms with Gasteiger partial charge in [0.15, 0.2) is 6.20 Å². The second-order valence-electron chi connectivity index (χ2n) is 3.09. The van der Waals surface area contributed by atoms with Gasteiger partial charge in [-0.15, -0.1) is 0 Å². The fourth-order valence-corrected chi connectivity index (χ4v) is 1.47. The maximum atomic E-state index is 12.8. The second-order valence-corrected chi connectivity index (χ2v) is 3.09. The molecular weight excluding hydrogens is 167 g/mol. The number of anilines is 1. The lowest BCUT2D eigenvalue weighted by molar-refractivity contribution is -0.644. The molecule has 0 unspecified atom stereocenters. The van der Waals surface area contributed by atoms with E-state index in [0.29, 0.717) is 5.69 Å². The van der Waals surface area contributed by atoms with Crippen molar-refractivity contribution in [3.8, 4) is 0 Å². The van der Waals surface area contributed by atoms with E-state index in [-0.39, 0.29) is 5.82 Å². The Labute approximate surface area is 75.4 Å². The first-order valence-electron chi connectivity index (χ1n) is 4.01. The number of fused-ring (bicyclic) bond motifs is 1. The van der Waals surface area contributed by atoms with Crippen molar-refractivity contribution in [1.29, 1.82) is 0 Å². The summed E-state index contributed by atoms with van der Waals surface area (Å²) >= 11 is 0. The number of aromatic nitrogens is 1. The van der Waals surface area contributed by atoms with Crippen LogP contribution in [0.2, 0.25) is 0 Å². The summed E-state index contributed by atoms with van der Waals surface area (Å²) in [5.74, 6) is -0.238. The zero-order valence-corrected chi connectivity index (χ0v) is 7.29. The maximum absolute atomic E-state index is 12.8. The van der Waals surface area contributed by atoms with E-state index >= 15 is 0 Å². The number of pyridine rings is 1. The molecule has 0 aliphatic carbocycles. The van der Waals surface area contributed by atoms with E-state index in [9.17, 15) is 4.39 Å². The number of nitrogens with two attached hydrogens (primary N) is 1. The van der Waals surface area contributed by atoms with E-state index in [2.05, 4.69) is 0 Å². The van der Waals surface area contributed by atoms with E-state index in [0.717, 1.165) is 10.9 Å². The molecule has 0 spiro atoms. The lowest BCUT2D eigenvalue weighted by Crippen LogP contribution is -2.28. The molecule has 66 valence electrons. The predicted molar refractivity (Wildman–Crippen MR) is 49.5 cm³/mol. The lowest BCUT2D eigenvalue weighted by Gasteiger charge is -1.98. The van der Waals surface area contributed by atoms with Crippen molar-refractivity contribution in [1.82, 2.24) is 0 Å². The van der Waals surface area contributed by atoms with Gasteiger partial charge >= 0.3 is 0 Å². The molecule has 0 atom stereocenters. The Morgan fingerprint density at radius 2 is 2.08 bits per heavy atom. The van der Waals surface area contributed by atoms with Gasteiger partial charge in [-0.2, -0.15) is 4.57 Å². The Kier molecular flexibility index (Phi) is 1.65. The van der Waals surface area contributed by atoms with Crippen molar-refractivity contribution in [2.45, 2.75) is 0 Å². The number of hydrogen-bond acceptors (Lipinski definition) is 1. The van der Waals surface area contributed by atoms with E-state index in [4.69, 9.17) is 5.73 Å². The third-order valence-corrected chi connectivity index (χ3v) is 2.03. The minimum Gasteiger partial charge on any atom is -0.394 e. The number of hydrogen-bond donors (Lipinski definition) is 1. The molecule has 0 aliphatic rings. The molecule has 2 aromatic rings. The largest absolute Gasteiger partial charge is 0.394 e. The van der Waals surface area contributed by atoms with Crippen LogP contribution in [0.5, 0.6) is 0 Å². The highest BCUT2D eigenvalue weighted by Crippen LogP contribution is 2.13. The van der Waals surface area contributed by atoms with Gasteiger partial charge in [-0.3, -0.25) is 0 Å². The minimum absolute atomic E-state index is 0.238. The molecule has 2 rings (SSSR count). The Hall–Kier alpha value is -1.64. The van der Waals surface area contributed by atoms with Gasteiger partial charge < -0.3 is 5.73 Å². The van der Waals surface area contributed by atoms with Gasteiger partial charge in [0.2, 0.25) is 5.52 Å². The first-order chi connectivity index (χ1) is 6.16. The van der Waals surface area contributed by atoms with Crippen molar-refractivity contribution in [2.75, 3.05) is 5.73 Å². The smallest absolute Gasteiger partial charge is 0.212 e. The summed E-state index contributed by atoms with van der Waals surface area (Å²) in [6.45, 7) is 0. The van der Waals surface area contributed by atoms with E-state index in [1.165, 1.54) is 12.1 Å². The molecule has 0 fully saturated rings. The zero-order valence-electron chi connectivity index (χ0n) is 7.29. The van der Waals surface area contributed by atoms with Crippen LogP contribution in [-0.4, -0.2) is 0 Å². The number of aryl methyl sites for hydroxylation is 1. The molecule has 0 saturated heterocycles. The highest BCUT2D eigenvalue weighted by Gasteiger charge is 2.06. The first kappa shape index (κ1) is 7.98. The minimum atomic E-state index is -0.238. The molecule has 3 heteroatoms. The van der Waals surface area contributed by atoms with Crippen LogP contribution in [0.4, 0.5) is 10.1 Å². The molecule has 1 aromatic heterocycles. The summed E-state index contributed by atoms with van der Waals surface area (Å²) in [6, 6.07) is 6.42. The standard InChI is InChI=1S/C10H10FN2/c1-13-6-9(12)5-7-4-8(11)2-3-10(7)13/h2-6H,12H2,1H3/q+1. The van der Waals surface area contributed by atoms with E-state index < -0.39 is 0 Å². The van der Waals surface area contributed by atoms with Gasteiger partial charge in [-0.1, -0.05) is 0 Å². The van der Waals surface area contributed by atoms with Crippen LogP contribution < -0.4 is 10.3 Å². The van der Waals surface area contributed by atoms with Crippen molar-refractivity contribution in [3.05, 3.63) is 36.3 Å². The van der Waals surface area contributed by atoms with Crippen LogP contribution in [0.15, 0.2) is 30.5 Å². The van der Waals surface area contributed by atoms with Crippen LogP contribution in [0, 0.1) is 5.82 Å². The Morgan fingerprint density at radius 1 is 1.31 bits per heavy atom. The monoisotopic (exact) mass is 177 g/mol. The average Bonchev–Trinajstić information content (AvgIpc) is 2.02. The van der Waals surface area contributed by atoms with E-state index in [1.807, 2.05) is 11.6 Å². The molecule has 0 bridgehead atoms. The molecule has 2 N–H and O–H groups in total. The quantitative estimate of drug-likeness (QED) is 0.605. The number of benzene rings is 1. The van der Waals surface area contributed by atoms with Crippen molar-refractivity contribution < 1.29 is 8.96 Å². The van der Waals surface area contributed by atoms with Gasteiger partial charge in [-0.05, 0) is 18.2 Å². The van der Waals surface area contributed by atoms with Crippen molar-refractivity contribution >= 4 is 16.6 Å². The molecule has 13 heavy (non-hydrogen) atoms.